The molecule has 2 N–H and O–H groups in total. The molecule has 0 radical (unpaired) electrons. The van der Waals surface area contributed by atoms with E-state index in [2.05, 4.69) is 5.32 Å². The van der Waals surface area contributed by atoms with Crippen LogP contribution in [0.5, 0.6) is 5.75 Å². The van der Waals surface area contributed by atoms with Gasteiger partial charge in [0.1, 0.15) is 17.1 Å². The second-order valence-electron chi connectivity index (χ2n) is 3.50. The van der Waals surface area contributed by atoms with Gasteiger partial charge < -0.3 is 19.9 Å². The summed E-state index contributed by atoms with van der Waals surface area (Å²) in [6.07, 6.45) is 0. The van der Waals surface area contributed by atoms with Crippen LogP contribution >= 0.6 is 0 Å². The molecule has 0 aromatic heterocycles. The Morgan fingerprint density at radius 3 is 2.83 bits per heavy atom. The summed E-state index contributed by atoms with van der Waals surface area (Å²) < 4.78 is 23.2. The summed E-state index contributed by atoms with van der Waals surface area (Å²) in [6.45, 7) is 1.43. The number of ether oxygens (including phenoxy) is 2. The largest absolute Gasteiger partial charge is 0.507 e. The lowest BCUT2D eigenvalue weighted by molar-refractivity contribution is 0.0691. The minimum Gasteiger partial charge on any atom is -0.507 e. The first-order valence-corrected chi connectivity index (χ1v) is 5.49. The minimum atomic E-state index is -0.757. The van der Waals surface area contributed by atoms with Gasteiger partial charge in [-0.2, -0.15) is 0 Å². The molecule has 0 unspecified atom stereocenters. The number of halogens is 1. The third-order valence-electron chi connectivity index (χ3n) is 2.18. The monoisotopic (exact) mass is 257 g/mol. The Kier molecular flexibility index (Phi) is 6.10. The molecule has 1 aromatic carbocycles. The predicted octanol–water partition coefficient (Wildman–Crippen LogP) is 0.924. The fraction of sp³-hybridized carbons (Fsp3) is 0.417. The average molecular weight is 257 g/mol. The van der Waals surface area contributed by atoms with Crippen LogP contribution in [0.15, 0.2) is 18.2 Å². The number of hydrogen-bond acceptors (Lipinski definition) is 4. The third kappa shape index (κ3) is 4.31. The van der Waals surface area contributed by atoms with Crippen LogP contribution in [-0.4, -0.2) is 44.5 Å². The van der Waals surface area contributed by atoms with Crippen molar-refractivity contribution >= 4 is 5.91 Å². The summed E-state index contributed by atoms with van der Waals surface area (Å²) in [6, 6.07) is 3.70. The molecule has 1 rings (SSSR count). The Bertz CT molecular complexity index is 377. The number of hydrogen-bond donors (Lipinski definition) is 2. The summed E-state index contributed by atoms with van der Waals surface area (Å²) in [5.74, 6) is -1.80. The summed E-state index contributed by atoms with van der Waals surface area (Å²) in [7, 11) is 1.56. The van der Waals surface area contributed by atoms with Crippen LogP contribution in [0.3, 0.4) is 0 Å². The van der Waals surface area contributed by atoms with E-state index in [9.17, 15) is 14.3 Å². The van der Waals surface area contributed by atoms with Gasteiger partial charge in [0.05, 0.1) is 19.8 Å². The number of amides is 1. The van der Waals surface area contributed by atoms with Crippen LogP contribution in [0.25, 0.3) is 0 Å². The van der Waals surface area contributed by atoms with Crippen molar-refractivity contribution in [2.24, 2.45) is 0 Å². The van der Waals surface area contributed by atoms with Crippen molar-refractivity contribution in [1.82, 2.24) is 5.32 Å². The van der Waals surface area contributed by atoms with Crippen LogP contribution < -0.4 is 5.32 Å². The fourth-order valence-electron chi connectivity index (χ4n) is 1.31. The van der Waals surface area contributed by atoms with Crippen LogP contribution in [0.1, 0.15) is 10.4 Å². The van der Waals surface area contributed by atoms with Crippen molar-refractivity contribution in [3.8, 4) is 5.75 Å². The van der Waals surface area contributed by atoms with E-state index in [1.807, 2.05) is 0 Å². The number of carbonyl (C=O) groups is 1. The quantitative estimate of drug-likeness (QED) is 0.713. The van der Waals surface area contributed by atoms with Gasteiger partial charge in [-0.05, 0) is 12.1 Å². The maximum Gasteiger partial charge on any atom is 0.258 e. The number of nitrogens with one attached hydrogen (secondary N) is 1. The number of phenols is 1. The molecule has 0 aliphatic heterocycles. The molecule has 0 heterocycles. The van der Waals surface area contributed by atoms with Gasteiger partial charge in [-0.15, -0.1) is 0 Å². The normalized spacial score (nSPS) is 10.3. The van der Waals surface area contributed by atoms with Crippen molar-refractivity contribution in [2.75, 3.05) is 33.5 Å². The van der Waals surface area contributed by atoms with Gasteiger partial charge >= 0.3 is 0 Å². The van der Waals surface area contributed by atoms with Gasteiger partial charge in [-0.3, -0.25) is 4.79 Å². The van der Waals surface area contributed by atoms with E-state index in [-0.39, 0.29) is 17.9 Å². The van der Waals surface area contributed by atoms with E-state index in [0.717, 1.165) is 6.07 Å². The highest BCUT2D eigenvalue weighted by atomic mass is 19.1. The zero-order chi connectivity index (χ0) is 13.4. The van der Waals surface area contributed by atoms with Crippen LogP contribution in [0.2, 0.25) is 0 Å². The molecular weight excluding hydrogens is 241 g/mol. The van der Waals surface area contributed by atoms with Crippen molar-refractivity contribution in [2.45, 2.75) is 0 Å². The molecule has 0 bridgehead atoms. The lowest BCUT2D eigenvalue weighted by Crippen LogP contribution is -2.28. The number of aromatic hydroxyl groups is 1. The van der Waals surface area contributed by atoms with Crippen LogP contribution in [0, 0.1) is 5.82 Å². The minimum absolute atomic E-state index is 0.232. The van der Waals surface area contributed by atoms with E-state index in [4.69, 9.17) is 9.47 Å². The van der Waals surface area contributed by atoms with Gasteiger partial charge in [0.25, 0.3) is 5.91 Å². The zero-order valence-corrected chi connectivity index (χ0v) is 10.1. The summed E-state index contributed by atoms with van der Waals surface area (Å²) in [5.41, 5.74) is -0.352. The predicted molar refractivity (Wildman–Crippen MR) is 63.1 cm³/mol. The molecule has 6 heteroatoms. The van der Waals surface area contributed by atoms with Crippen molar-refractivity contribution < 1.29 is 23.8 Å². The highest BCUT2D eigenvalue weighted by molar-refractivity contribution is 5.97. The smallest absolute Gasteiger partial charge is 0.258 e. The Morgan fingerprint density at radius 1 is 1.39 bits per heavy atom. The average Bonchev–Trinajstić information content (AvgIpc) is 2.33. The Balaban J connectivity index is 2.37. The van der Waals surface area contributed by atoms with Crippen molar-refractivity contribution in [1.29, 1.82) is 0 Å². The third-order valence-corrected chi connectivity index (χ3v) is 2.18. The lowest BCUT2D eigenvalue weighted by Gasteiger charge is -2.08. The Hall–Kier alpha value is -1.66. The van der Waals surface area contributed by atoms with Crippen LogP contribution in [0.4, 0.5) is 4.39 Å². The molecule has 0 aliphatic rings. The number of methoxy groups -OCH3 is 1. The van der Waals surface area contributed by atoms with E-state index in [1.165, 1.54) is 12.1 Å². The van der Waals surface area contributed by atoms with Gasteiger partial charge in [-0.1, -0.05) is 6.07 Å². The van der Waals surface area contributed by atoms with Gasteiger partial charge in [0, 0.05) is 13.7 Å². The number of benzene rings is 1. The van der Waals surface area contributed by atoms with Gasteiger partial charge in [0.15, 0.2) is 0 Å². The molecule has 0 saturated heterocycles. The van der Waals surface area contributed by atoms with Crippen molar-refractivity contribution in [3.05, 3.63) is 29.6 Å². The molecule has 1 amide bonds. The first-order chi connectivity index (χ1) is 8.66. The standard InChI is InChI=1S/C12H16FNO4/c1-17-7-8-18-6-5-14-12(16)11-9(13)3-2-4-10(11)15/h2-4,15H,5-8H2,1H3,(H,14,16). The molecule has 0 fully saturated rings. The van der Waals surface area contributed by atoms with E-state index >= 15 is 0 Å². The zero-order valence-electron chi connectivity index (χ0n) is 10.1. The summed E-state index contributed by atoms with van der Waals surface area (Å²) >= 11 is 0. The fourth-order valence-corrected chi connectivity index (χ4v) is 1.31. The molecular formula is C12H16FNO4. The number of phenolic OH excluding ortho intramolecular Hbond substituents is 1. The second kappa shape index (κ2) is 7.62. The Labute approximate surface area is 105 Å². The summed E-state index contributed by atoms with van der Waals surface area (Å²) in [5, 5.41) is 11.8. The second-order valence-corrected chi connectivity index (χ2v) is 3.50. The SMILES string of the molecule is COCCOCCNC(=O)c1c(O)cccc1F. The molecule has 1 aromatic rings. The van der Waals surface area contributed by atoms with E-state index in [0.29, 0.717) is 19.8 Å². The van der Waals surface area contributed by atoms with Gasteiger partial charge in [-0.25, -0.2) is 4.39 Å². The van der Waals surface area contributed by atoms with E-state index in [1.54, 1.807) is 7.11 Å². The first kappa shape index (κ1) is 14.4. The molecule has 0 saturated carbocycles. The topological polar surface area (TPSA) is 67.8 Å². The maximum absolute atomic E-state index is 13.3. The molecule has 0 spiro atoms. The Morgan fingerprint density at radius 2 is 2.17 bits per heavy atom. The van der Waals surface area contributed by atoms with E-state index < -0.39 is 11.7 Å². The summed E-state index contributed by atoms with van der Waals surface area (Å²) in [4.78, 5) is 11.6. The molecule has 18 heavy (non-hydrogen) atoms. The van der Waals surface area contributed by atoms with Crippen molar-refractivity contribution in [3.63, 3.8) is 0 Å². The first-order valence-electron chi connectivity index (χ1n) is 5.49. The number of rotatable bonds is 7. The maximum atomic E-state index is 13.3. The van der Waals surface area contributed by atoms with Crippen LogP contribution in [-0.2, 0) is 9.47 Å². The van der Waals surface area contributed by atoms with Gasteiger partial charge in [0.2, 0.25) is 0 Å². The molecule has 100 valence electrons. The number of carbonyl (C=O) groups excluding carboxylic acids is 1. The molecule has 0 aliphatic carbocycles. The molecule has 5 nitrogen and oxygen atoms in total. The lowest BCUT2D eigenvalue weighted by atomic mass is 10.2. The highest BCUT2D eigenvalue weighted by Crippen LogP contribution is 2.19. The highest BCUT2D eigenvalue weighted by Gasteiger charge is 2.15. The molecule has 0 atom stereocenters.